The molecule has 4 nitrogen and oxygen atoms in total. The normalized spacial score (nSPS) is 31.1. The van der Waals surface area contributed by atoms with Crippen molar-refractivity contribution in [3.63, 3.8) is 0 Å². The first-order valence-electron chi connectivity index (χ1n) is 6.64. The van der Waals surface area contributed by atoms with Gasteiger partial charge in [0.2, 0.25) is 11.8 Å². The van der Waals surface area contributed by atoms with Crippen molar-refractivity contribution in [2.75, 3.05) is 13.1 Å². The largest absolute Gasteiger partial charge is 0.312 e. The Morgan fingerprint density at radius 1 is 1.24 bits per heavy atom. The summed E-state index contributed by atoms with van der Waals surface area (Å²) in [6.07, 6.45) is 2.44. The molecule has 1 aliphatic heterocycles. The van der Waals surface area contributed by atoms with Crippen LogP contribution in [0.25, 0.3) is 0 Å². The molecule has 1 N–H and O–H groups in total. The number of carbonyl (C=O) groups excluding carboxylic acids is 2. The van der Waals surface area contributed by atoms with E-state index in [-0.39, 0.29) is 23.7 Å². The zero-order valence-corrected chi connectivity index (χ0v) is 10.9. The van der Waals surface area contributed by atoms with E-state index in [1.54, 1.807) is 0 Å². The first-order chi connectivity index (χ1) is 8.06. The molecule has 96 valence electrons. The van der Waals surface area contributed by atoms with Gasteiger partial charge >= 0.3 is 0 Å². The van der Waals surface area contributed by atoms with E-state index in [9.17, 15) is 9.59 Å². The average Bonchev–Trinajstić information content (AvgIpc) is 3.12. The van der Waals surface area contributed by atoms with E-state index in [0.717, 1.165) is 6.54 Å². The maximum absolute atomic E-state index is 12.0. The molecular formula is C13H22N2O2. The van der Waals surface area contributed by atoms with Crippen LogP contribution in [0, 0.1) is 17.8 Å². The lowest BCUT2D eigenvalue weighted by Gasteiger charge is -2.23. The Bertz CT molecular complexity index is 305. The van der Waals surface area contributed by atoms with Gasteiger partial charge in [0.1, 0.15) is 0 Å². The fourth-order valence-electron chi connectivity index (χ4n) is 2.55. The molecule has 1 saturated carbocycles. The van der Waals surface area contributed by atoms with Crippen molar-refractivity contribution >= 4 is 11.8 Å². The molecule has 2 fully saturated rings. The fourth-order valence-corrected chi connectivity index (χ4v) is 2.55. The SMILES string of the molecule is CCNC(CN1C(=O)C(C)C(C)C1=O)C1CC1. The maximum atomic E-state index is 12.0. The van der Waals surface area contributed by atoms with Crippen molar-refractivity contribution in [2.45, 2.75) is 39.7 Å². The molecule has 3 atom stereocenters. The van der Waals surface area contributed by atoms with Gasteiger partial charge in [-0.2, -0.15) is 0 Å². The number of amides is 2. The predicted molar refractivity (Wildman–Crippen MR) is 65.2 cm³/mol. The lowest BCUT2D eigenvalue weighted by atomic mass is 10.00. The molecule has 0 aromatic rings. The third-order valence-corrected chi connectivity index (χ3v) is 4.10. The third-order valence-electron chi connectivity index (χ3n) is 4.10. The van der Waals surface area contributed by atoms with Gasteiger partial charge in [-0.1, -0.05) is 20.8 Å². The average molecular weight is 238 g/mol. The second-order valence-electron chi connectivity index (χ2n) is 5.37. The van der Waals surface area contributed by atoms with Crippen LogP contribution in [0.5, 0.6) is 0 Å². The second-order valence-corrected chi connectivity index (χ2v) is 5.37. The Kier molecular flexibility index (Phi) is 3.52. The molecule has 17 heavy (non-hydrogen) atoms. The van der Waals surface area contributed by atoms with Crippen LogP contribution < -0.4 is 5.32 Å². The van der Waals surface area contributed by atoms with Crippen LogP contribution in [-0.4, -0.2) is 35.8 Å². The summed E-state index contributed by atoms with van der Waals surface area (Å²) in [5, 5.41) is 3.40. The summed E-state index contributed by atoms with van der Waals surface area (Å²) >= 11 is 0. The van der Waals surface area contributed by atoms with Crippen LogP contribution in [-0.2, 0) is 9.59 Å². The van der Waals surface area contributed by atoms with Gasteiger partial charge in [0.05, 0.1) is 0 Å². The van der Waals surface area contributed by atoms with Crippen LogP contribution in [0.1, 0.15) is 33.6 Å². The number of likely N-dealkylation sites (N-methyl/N-ethyl adjacent to an activating group) is 1. The zero-order valence-electron chi connectivity index (χ0n) is 10.9. The van der Waals surface area contributed by atoms with Crippen LogP contribution >= 0.6 is 0 Å². The highest BCUT2D eigenvalue weighted by molar-refractivity contribution is 6.04. The van der Waals surface area contributed by atoms with Crippen LogP contribution in [0.2, 0.25) is 0 Å². The molecule has 0 spiro atoms. The van der Waals surface area contributed by atoms with Gasteiger partial charge in [-0.25, -0.2) is 0 Å². The highest BCUT2D eigenvalue weighted by atomic mass is 16.2. The van der Waals surface area contributed by atoms with Crippen LogP contribution in [0.15, 0.2) is 0 Å². The van der Waals surface area contributed by atoms with Crippen molar-refractivity contribution in [1.82, 2.24) is 10.2 Å². The highest BCUT2D eigenvalue weighted by Crippen LogP contribution is 2.34. The molecule has 0 bridgehead atoms. The van der Waals surface area contributed by atoms with Gasteiger partial charge in [0.15, 0.2) is 0 Å². The summed E-state index contributed by atoms with van der Waals surface area (Å²) in [7, 11) is 0. The van der Waals surface area contributed by atoms with E-state index in [4.69, 9.17) is 0 Å². The number of likely N-dealkylation sites (tertiary alicyclic amines) is 1. The van der Waals surface area contributed by atoms with E-state index >= 15 is 0 Å². The van der Waals surface area contributed by atoms with Gasteiger partial charge in [-0.05, 0) is 25.3 Å². The molecule has 1 aliphatic carbocycles. The molecule has 2 amide bonds. The Hall–Kier alpha value is -0.900. The van der Waals surface area contributed by atoms with Crippen molar-refractivity contribution in [1.29, 1.82) is 0 Å². The molecule has 3 unspecified atom stereocenters. The number of nitrogens with one attached hydrogen (secondary N) is 1. The van der Waals surface area contributed by atoms with Gasteiger partial charge < -0.3 is 5.32 Å². The van der Waals surface area contributed by atoms with Crippen LogP contribution in [0.4, 0.5) is 0 Å². The van der Waals surface area contributed by atoms with Gasteiger partial charge in [-0.3, -0.25) is 14.5 Å². The van der Waals surface area contributed by atoms with E-state index in [0.29, 0.717) is 18.5 Å². The molecule has 1 saturated heterocycles. The Labute approximate surface area is 103 Å². The number of hydrogen-bond acceptors (Lipinski definition) is 3. The van der Waals surface area contributed by atoms with E-state index in [2.05, 4.69) is 12.2 Å². The smallest absolute Gasteiger partial charge is 0.232 e. The quantitative estimate of drug-likeness (QED) is 0.727. The second kappa shape index (κ2) is 4.77. The maximum Gasteiger partial charge on any atom is 0.232 e. The summed E-state index contributed by atoms with van der Waals surface area (Å²) < 4.78 is 0. The van der Waals surface area contributed by atoms with Gasteiger partial charge in [0, 0.05) is 24.4 Å². The first kappa shape index (κ1) is 12.6. The number of nitrogens with zero attached hydrogens (tertiary/aromatic N) is 1. The molecule has 2 rings (SSSR count). The van der Waals surface area contributed by atoms with E-state index in [1.807, 2.05) is 13.8 Å². The summed E-state index contributed by atoms with van der Waals surface area (Å²) in [4.78, 5) is 25.4. The number of imide groups is 1. The topological polar surface area (TPSA) is 49.4 Å². The van der Waals surface area contributed by atoms with Gasteiger partial charge in [-0.15, -0.1) is 0 Å². The molecule has 0 aromatic heterocycles. The first-order valence-corrected chi connectivity index (χ1v) is 6.64. The van der Waals surface area contributed by atoms with Gasteiger partial charge in [0.25, 0.3) is 0 Å². The number of rotatable bonds is 5. The highest BCUT2D eigenvalue weighted by Gasteiger charge is 2.44. The summed E-state index contributed by atoms with van der Waals surface area (Å²) in [5.74, 6) is 0.367. The van der Waals surface area contributed by atoms with Crippen molar-refractivity contribution in [3.8, 4) is 0 Å². The van der Waals surface area contributed by atoms with E-state index in [1.165, 1.54) is 17.7 Å². The minimum absolute atomic E-state index is 0.00560. The standard InChI is InChI=1S/C13H22N2O2/c1-4-14-11(10-5-6-10)7-15-12(16)8(2)9(3)13(15)17/h8-11,14H,4-7H2,1-3H3. The summed E-state index contributed by atoms with van der Waals surface area (Å²) in [6.45, 7) is 7.22. The molecule has 1 heterocycles. The van der Waals surface area contributed by atoms with Crippen LogP contribution in [0.3, 0.4) is 0 Å². The molecular weight excluding hydrogens is 216 g/mol. The molecule has 0 aromatic carbocycles. The summed E-state index contributed by atoms with van der Waals surface area (Å²) in [5.41, 5.74) is 0. The van der Waals surface area contributed by atoms with E-state index < -0.39 is 0 Å². The fraction of sp³-hybridized carbons (Fsp3) is 0.846. The zero-order chi connectivity index (χ0) is 12.6. The monoisotopic (exact) mass is 238 g/mol. The number of hydrogen-bond donors (Lipinski definition) is 1. The Morgan fingerprint density at radius 2 is 1.76 bits per heavy atom. The minimum atomic E-state index is -0.149. The lowest BCUT2D eigenvalue weighted by molar-refractivity contribution is -0.140. The van der Waals surface area contributed by atoms with Crippen molar-refractivity contribution in [2.24, 2.45) is 17.8 Å². The Balaban J connectivity index is 2.01. The van der Waals surface area contributed by atoms with Crippen molar-refractivity contribution < 1.29 is 9.59 Å². The number of carbonyl (C=O) groups is 2. The Morgan fingerprint density at radius 3 is 2.18 bits per heavy atom. The molecule has 4 heteroatoms. The summed E-state index contributed by atoms with van der Waals surface area (Å²) in [6, 6.07) is 0.297. The lowest BCUT2D eigenvalue weighted by Crippen LogP contribution is -2.45. The third kappa shape index (κ3) is 2.37. The minimum Gasteiger partial charge on any atom is -0.312 e. The molecule has 2 aliphatic rings. The van der Waals surface area contributed by atoms with Crippen molar-refractivity contribution in [3.05, 3.63) is 0 Å². The predicted octanol–water partition coefficient (Wildman–Crippen LogP) is 1.02. The molecule has 0 radical (unpaired) electrons.